The summed E-state index contributed by atoms with van der Waals surface area (Å²) in [6.45, 7) is 2.94. The quantitative estimate of drug-likeness (QED) is 0.498. The Morgan fingerprint density at radius 2 is 1.89 bits per heavy atom. The first kappa shape index (κ1) is 25.5. The highest BCUT2D eigenvalue weighted by molar-refractivity contribution is 5.98. The van der Waals surface area contributed by atoms with Crippen molar-refractivity contribution >= 4 is 22.6 Å². The molecule has 0 aliphatic carbocycles. The molecule has 0 saturated carbocycles. The third-order valence-corrected chi connectivity index (χ3v) is 6.64. The van der Waals surface area contributed by atoms with Gasteiger partial charge in [-0.25, -0.2) is 18.0 Å². The van der Waals surface area contributed by atoms with Crippen molar-refractivity contribution in [2.24, 2.45) is 11.1 Å². The maximum atomic E-state index is 15.7. The fourth-order valence-electron chi connectivity index (χ4n) is 4.68. The number of carboxylic acid groups (broad SMARTS) is 1. The number of aryl methyl sites for hydroxylation is 1. The van der Waals surface area contributed by atoms with Gasteiger partial charge in [0.1, 0.15) is 22.8 Å². The second-order valence-corrected chi connectivity index (χ2v) is 9.21. The van der Waals surface area contributed by atoms with Gasteiger partial charge >= 0.3 is 12.1 Å². The number of nitrogens with two attached hydrogens (primary N) is 1. The fourth-order valence-corrected chi connectivity index (χ4v) is 4.68. The van der Waals surface area contributed by atoms with Crippen LogP contribution < -0.4 is 16.1 Å². The number of rotatable bonds is 4. The van der Waals surface area contributed by atoms with Crippen LogP contribution in [0.1, 0.15) is 34.8 Å². The van der Waals surface area contributed by atoms with Gasteiger partial charge in [0.25, 0.3) is 0 Å². The van der Waals surface area contributed by atoms with Gasteiger partial charge in [-0.15, -0.1) is 0 Å². The number of anilines is 1. The predicted octanol–water partition coefficient (Wildman–Crippen LogP) is 4.61. The van der Waals surface area contributed by atoms with Gasteiger partial charge in [-0.05, 0) is 37.4 Å². The molecule has 2 aromatic carbocycles. The minimum atomic E-state index is -5.25. The van der Waals surface area contributed by atoms with Gasteiger partial charge < -0.3 is 20.3 Å². The van der Waals surface area contributed by atoms with E-state index in [-0.39, 0.29) is 19.6 Å². The van der Waals surface area contributed by atoms with Crippen LogP contribution in [0.4, 0.5) is 32.0 Å². The van der Waals surface area contributed by atoms with Crippen LogP contribution in [0.5, 0.6) is 0 Å². The Kier molecular flexibility index (Phi) is 6.06. The summed E-state index contributed by atoms with van der Waals surface area (Å²) in [5.74, 6) is -5.50. The van der Waals surface area contributed by atoms with E-state index in [9.17, 15) is 36.6 Å². The Balaban J connectivity index is 2.25. The number of hydrogen-bond acceptors (Lipinski definition) is 4. The topological polar surface area (TPSA) is 88.6 Å². The number of pyridine rings is 1. The maximum absolute atomic E-state index is 15.7. The van der Waals surface area contributed by atoms with E-state index < -0.39 is 79.4 Å². The van der Waals surface area contributed by atoms with E-state index in [1.54, 1.807) is 6.92 Å². The molecule has 1 aromatic heterocycles. The van der Waals surface area contributed by atoms with Crippen molar-refractivity contribution in [3.05, 3.63) is 68.8 Å². The van der Waals surface area contributed by atoms with Crippen molar-refractivity contribution in [1.82, 2.24) is 4.57 Å². The van der Waals surface area contributed by atoms with E-state index in [1.807, 2.05) is 0 Å². The van der Waals surface area contributed by atoms with E-state index in [0.29, 0.717) is 23.3 Å². The normalized spacial score (nSPS) is 18.3. The van der Waals surface area contributed by atoms with Gasteiger partial charge in [-0.2, -0.15) is 13.2 Å². The van der Waals surface area contributed by atoms with Crippen LogP contribution in [0.3, 0.4) is 0 Å². The minimum absolute atomic E-state index is 0.0171. The number of hydrogen-bond donors (Lipinski definition) is 2. The number of halogens is 6. The highest BCUT2D eigenvalue weighted by atomic mass is 19.4. The van der Waals surface area contributed by atoms with E-state index in [1.165, 1.54) is 4.90 Å². The minimum Gasteiger partial charge on any atom is -0.477 e. The molecule has 1 unspecified atom stereocenters. The Morgan fingerprint density at radius 3 is 2.42 bits per heavy atom. The number of fused-ring (bicyclic) bond motifs is 1. The molecule has 1 fully saturated rings. The van der Waals surface area contributed by atoms with E-state index in [2.05, 4.69) is 0 Å². The number of benzene rings is 2. The van der Waals surface area contributed by atoms with Crippen LogP contribution in [0.25, 0.3) is 16.6 Å². The van der Waals surface area contributed by atoms with E-state index in [0.717, 1.165) is 19.1 Å². The summed E-state index contributed by atoms with van der Waals surface area (Å²) < 4.78 is 88.6. The van der Waals surface area contributed by atoms with Gasteiger partial charge in [-0.3, -0.25) is 4.79 Å². The number of aromatic carboxylic acids is 1. The zero-order valence-electron chi connectivity index (χ0n) is 19.1. The summed E-state index contributed by atoms with van der Waals surface area (Å²) in [6, 6.07) is 1.97. The molecular weight excluding hydrogens is 492 g/mol. The summed E-state index contributed by atoms with van der Waals surface area (Å²) in [7, 11) is 0. The molecule has 2 heterocycles. The number of aromatic nitrogens is 1. The first-order valence-corrected chi connectivity index (χ1v) is 10.8. The molecule has 1 atom stereocenters. The summed E-state index contributed by atoms with van der Waals surface area (Å²) in [5.41, 5.74) is -1.73. The van der Waals surface area contributed by atoms with Gasteiger partial charge in [0.05, 0.1) is 22.3 Å². The molecule has 0 bridgehead atoms. The largest absolute Gasteiger partial charge is 0.477 e. The van der Waals surface area contributed by atoms with Gasteiger partial charge in [0, 0.05) is 30.9 Å². The highest BCUT2D eigenvalue weighted by Crippen LogP contribution is 2.47. The lowest BCUT2D eigenvalue weighted by Gasteiger charge is -2.29. The van der Waals surface area contributed by atoms with Crippen molar-refractivity contribution in [2.45, 2.75) is 26.4 Å². The lowest BCUT2D eigenvalue weighted by molar-refractivity contribution is -0.136. The smallest absolute Gasteiger partial charge is 0.420 e. The van der Waals surface area contributed by atoms with E-state index >= 15 is 4.39 Å². The second kappa shape index (κ2) is 8.54. The number of carboxylic acids is 1. The summed E-state index contributed by atoms with van der Waals surface area (Å²) in [6.07, 6.45) is -4.35. The molecule has 0 radical (unpaired) electrons. The molecule has 12 heteroatoms. The second-order valence-electron chi connectivity index (χ2n) is 9.21. The Bertz CT molecular complexity index is 1470. The first-order valence-electron chi connectivity index (χ1n) is 10.8. The molecule has 0 amide bonds. The Morgan fingerprint density at radius 1 is 1.22 bits per heavy atom. The summed E-state index contributed by atoms with van der Waals surface area (Å²) in [5, 5.41) is 8.64. The zero-order valence-corrected chi connectivity index (χ0v) is 19.1. The highest BCUT2D eigenvalue weighted by Gasteiger charge is 2.44. The maximum Gasteiger partial charge on any atom is 0.420 e. The van der Waals surface area contributed by atoms with Crippen LogP contribution in [0.2, 0.25) is 0 Å². The monoisotopic (exact) mass is 513 g/mol. The van der Waals surface area contributed by atoms with Gasteiger partial charge in [0.15, 0.2) is 5.82 Å². The third kappa shape index (κ3) is 3.98. The Labute approximate surface area is 200 Å². The standard InChI is InChI=1S/C24H21F6N3O3/c1-11-16-19(17(24(28,29)30)20(18(11)27)32-6-5-23(2,9-31)10-32)33(8-13(21(16)34)22(35)36)15-4-3-12(25)7-14(15)26/h3-4,7-8H,5-6,9-10,31H2,1-2H3,(H,35,36). The zero-order chi connectivity index (χ0) is 26.7. The molecule has 6 nitrogen and oxygen atoms in total. The number of alkyl halides is 3. The van der Waals surface area contributed by atoms with Crippen molar-refractivity contribution in [2.75, 3.05) is 24.5 Å². The molecular formula is C24H21F6N3O3. The molecule has 4 rings (SSSR count). The molecule has 3 N–H and O–H groups in total. The summed E-state index contributed by atoms with van der Waals surface area (Å²) >= 11 is 0. The molecule has 36 heavy (non-hydrogen) atoms. The summed E-state index contributed by atoms with van der Waals surface area (Å²) in [4.78, 5) is 25.9. The number of nitrogens with zero attached hydrogens (tertiary/aromatic N) is 2. The van der Waals surface area contributed by atoms with Crippen molar-refractivity contribution in [1.29, 1.82) is 0 Å². The van der Waals surface area contributed by atoms with Crippen LogP contribution in [0, 0.1) is 29.8 Å². The van der Waals surface area contributed by atoms with E-state index in [4.69, 9.17) is 5.73 Å². The van der Waals surface area contributed by atoms with Gasteiger partial charge in [-0.1, -0.05) is 6.92 Å². The molecule has 1 saturated heterocycles. The van der Waals surface area contributed by atoms with Crippen LogP contribution in [-0.2, 0) is 6.18 Å². The molecule has 1 aliphatic heterocycles. The number of carbonyl (C=O) groups is 1. The fraction of sp³-hybridized carbons (Fsp3) is 0.333. The first-order chi connectivity index (χ1) is 16.7. The van der Waals surface area contributed by atoms with Crippen molar-refractivity contribution in [3.63, 3.8) is 0 Å². The lowest BCUT2D eigenvalue weighted by Crippen LogP contribution is -2.33. The average molecular weight is 513 g/mol. The molecule has 0 spiro atoms. The van der Waals surface area contributed by atoms with Crippen molar-refractivity contribution in [3.8, 4) is 5.69 Å². The Hall–Kier alpha value is -3.54. The molecule has 192 valence electrons. The SMILES string of the molecule is Cc1c(F)c(N2CCC(C)(CN)C2)c(C(F)(F)F)c2c1c(=O)c(C(=O)O)cn2-c1ccc(F)cc1F. The molecule has 3 aromatic rings. The van der Waals surface area contributed by atoms with Crippen LogP contribution in [-0.4, -0.2) is 35.3 Å². The third-order valence-electron chi connectivity index (χ3n) is 6.64. The predicted molar refractivity (Wildman–Crippen MR) is 120 cm³/mol. The lowest BCUT2D eigenvalue weighted by atomic mass is 9.90. The van der Waals surface area contributed by atoms with Crippen molar-refractivity contribution < 1.29 is 36.2 Å². The average Bonchev–Trinajstić information content (AvgIpc) is 3.17. The van der Waals surface area contributed by atoms with Gasteiger partial charge in [0.2, 0.25) is 5.43 Å². The van der Waals surface area contributed by atoms with Crippen LogP contribution >= 0.6 is 0 Å². The molecule has 1 aliphatic rings. The van der Waals surface area contributed by atoms with Crippen LogP contribution in [0.15, 0.2) is 29.2 Å².